The van der Waals surface area contributed by atoms with Crippen LogP contribution in [0, 0.1) is 0 Å². The molecule has 78 valence electrons. The maximum atomic E-state index is 10.6. The van der Waals surface area contributed by atoms with Crippen molar-refractivity contribution in [3.63, 3.8) is 0 Å². The Balaban J connectivity index is 0.000000980. The van der Waals surface area contributed by atoms with Crippen molar-refractivity contribution in [2.24, 2.45) is 0 Å². The third-order valence-electron chi connectivity index (χ3n) is 1.93. The second kappa shape index (κ2) is 4.72. The zero-order chi connectivity index (χ0) is 9.26. The molecule has 6 heteroatoms. The summed E-state index contributed by atoms with van der Waals surface area (Å²) in [6, 6.07) is 1.40. The van der Waals surface area contributed by atoms with E-state index in [0.717, 1.165) is 5.56 Å². The maximum Gasteiger partial charge on any atom is 0.321 e. The van der Waals surface area contributed by atoms with Crippen LogP contribution >= 0.6 is 24.2 Å². The average molecular weight is 236 g/mol. The molecule has 2 rings (SSSR count). The van der Waals surface area contributed by atoms with Gasteiger partial charge in [-0.25, -0.2) is 0 Å². The molecule has 1 saturated heterocycles. The van der Waals surface area contributed by atoms with Crippen molar-refractivity contribution in [2.45, 2.75) is 11.4 Å². The molecule has 0 amide bonds. The van der Waals surface area contributed by atoms with Gasteiger partial charge in [0.05, 0.1) is 17.9 Å². The summed E-state index contributed by atoms with van der Waals surface area (Å²) in [5.41, 5.74) is 0.994. The van der Waals surface area contributed by atoms with E-state index in [1.807, 2.05) is 6.07 Å². The number of rotatable bonds is 2. The summed E-state index contributed by atoms with van der Waals surface area (Å²) in [7, 11) is 0. The molecule has 0 saturated carbocycles. The number of hydrogen-bond acceptors (Lipinski definition) is 4. The molecule has 14 heavy (non-hydrogen) atoms. The van der Waals surface area contributed by atoms with Gasteiger partial charge in [0.2, 0.25) is 0 Å². The summed E-state index contributed by atoms with van der Waals surface area (Å²) in [4.78, 5) is 10.6. The lowest BCUT2D eigenvalue weighted by atomic mass is 10.3. The van der Waals surface area contributed by atoms with Gasteiger partial charge in [0.15, 0.2) is 0 Å². The first-order chi connectivity index (χ1) is 6.27. The minimum absolute atomic E-state index is 0. The normalized spacial score (nSPS) is 25.7. The van der Waals surface area contributed by atoms with Crippen molar-refractivity contribution in [3.05, 3.63) is 24.2 Å². The number of aliphatic carboxylic acids is 1. The first-order valence-corrected chi connectivity index (χ1v) is 4.95. The van der Waals surface area contributed by atoms with E-state index in [-0.39, 0.29) is 17.8 Å². The van der Waals surface area contributed by atoms with Gasteiger partial charge in [0.1, 0.15) is 6.04 Å². The summed E-state index contributed by atoms with van der Waals surface area (Å²) in [5.74, 6) is -0.191. The van der Waals surface area contributed by atoms with E-state index in [9.17, 15) is 4.79 Å². The van der Waals surface area contributed by atoms with Crippen LogP contribution in [-0.4, -0.2) is 22.9 Å². The number of carbonyl (C=O) groups is 1. The van der Waals surface area contributed by atoms with Crippen molar-refractivity contribution < 1.29 is 14.3 Å². The van der Waals surface area contributed by atoms with E-state index < -0.39 is 12.0 Å². The first kappa shape index (κ1) is 11.4. The molecule has 0 radical (unpaired) electrons. The summed E-state index contributed by atoms with van der Waals surface area (Å²) < 4.78 is 4.92. The van der Waals surface area contributed by atoms with Gasteiger partial charge in [-0.05, 0) is 6.07 Å². The van der Waals surface area contributed by atoms with Crippen molar-refractivity contribution in [1.29, 1.82) is 0 Å². The number of furan rings is 1. The zero-order valence-corrected chi connectivity index (χ0v) is 8.81. The number of hydrogen-bond donors (Lipinski definition) is 2. The van der Waals surface area contributed by atoms with E-state index >= 15 is 0 Å². The highest BCUT2D eigenvalue weighted by molar-refractivity contribution is 7.99. The lowest BCUT2D eigenvalue weighted by Crippen LogP contribution is -2.33. The monoisotopic (exact) mass is 235 g/mol. The topological polar surface area (TPSA) is 62.5 Å². The van der Waals surface area contributed by atoms with Gasteiger partial charge >= 0.3 is 5.97 Å². The van der Waals surface area contributed by atoms with Gasteiger partial charge in [-0.3, -0.25) is 10.1 Å². The minimum Gasteiger partial charge on any atom is -0.480 e. The first-order valence-electron chi connectivity index (χ1n) is 3.90. The number of nitrogens with one attached hydrogen (secondary N) is 1. The van der Waals surface area contributed by atoms with Crippen molar-refractivity contribution >= 4 is 30.1 Å². The Kier molecular flexibility index (Phi) is 3.86. The minimum atomic E-state index is -0.793. The van der Waals surface area contributed by atoms with Gasteiger partial charge in [0, 0.05) is 11.3 Å². The molecule has 1 aromatic heterocycles. The largest absolute Gasteiger partial charge is 0.480 e. The molecule has 1 fully saturated rings. The molecule has 0 aliphatic carbocycles. The number of carboxylic acid groups (broad SMARTS) is 1. The molecular formula is C8H10ClNO3S. The van der Waals surface area contributed by atoms with Gasteiger partial charge < -0.3 is 9.52 Å². The molecular weight excluding hydrogens is 226 g/mol. The van der Waals surface area contributed by atoms with Crippen LogP contribution in [0.25, 0.3) is 0 Å². The molecule has 0 aromatic carbocycles. The van der Waals surface area contributed by atoms with Crippen molar-refractivity contribution in [3.8, 4) is 0 Å². The summed E-state index contributed by atoms with van der Waals surface area (Å²) in [6.07, 6.45) is 3.22. The highest BCUT2D eigenvalue weighted by atomic mass is 35.5. The summed E-state index contributed by atoms with van der Waals surface area (Å²) in [6.45, 7) is 0. The second-order valence-electron chi connectivity index (χ2n) is 2.83. The Hall–Kier alpha value is -0.650. The Morgan fingerprint density at radius 2 is 2.50 bits per heavy atom. The SMILES string of the molecule is Cl.O=C(O)[C@@H]1CSC(c2ccoc2)N1. The van der Waals surface area contributed by atoms with Crippen LogP contribution in [0.2, 0.25) is 0 Å². The number of carboxylic acids is 1. The van der Waals surface area contributed by atoms with E-state index in [2.05, 4.69) is 5.32 Å². The highest BCUT2D eigenvalue weighted by Crippen LogP contribution is 2.32. The van der Waals surface area contributed by atoms with Crippen molar-refractivity contribution in [2.75, 3.05) is 5.75 Å². The number of halogens is 1. The smallest absolute Gasteiger partial charge is 0.321 e. The number of thioether (sulfide) groups is 1. The molecule has 2 atom stereocenters. The molecule has 1 unspecified atom stereocenters. The molecule has 1 aliphatic heterocycles. The fourth-order valence-electron chi connectivity index (χ4n) is 1.23. The molecule has 4 nitrogen and oxygen atoms in total. The predicted molar refractivity (Wildman–Crippen MR) is 55.7 cm³/mol. The third-order valence-corrected chi connectivity index (χ3v) is 3.19. The van der Waals surface area contributed by atoms with Gasteiger partial charge in [-0.1, -0.05) is 0 Å². The van der Waals surface area contributed by atoms with E-state index in [0.29, 0.717) is 5.75 Å². The summed E-state index contributed by atoms with van der Waals surface area (Å²) in [5, 5.41) is 11.8. The predicted octanol–water partition coefficient (Wildman–Crippen LogP) is 1.49. The molecule has 0 spiro atoms. The Bertz CT molecular complexity index is 304. The molecule has 2 N–H and O–H groups in total. The van der Waals surface area contributed by atoms with Crippen LogP contribution in [0.4, 0.5) is 0 Å². The van der Waals surface area contributed by atoms with Crippen LogP contribution in [0.1, 0.15) is 10.9 Å². The van der Waals surface area contributed by atoms with Crippen LogP contribution in [-0.2, 0) is 4.79 Å². The second-order valence-corrected chi connectivity index (χ2v) is 3.97. The highest BCUT2D eigenvalue weighted by Gasteiger charge is 2.30. The van der Waals surface area contributed by atoms with Gasteiger partial charge in [-0.15, -0.1) is 24.2 Å². The van der Waals surface area contributed by atoms with E-state index in [1.165, 1.54) is 0 Å². The summed E-state index contributed by atoms with van der Waals surface area (Å²) >= 11 is 1.58. The Labute approximate surface area is 91.5 Å². The molecule has 2 heterocycles. The van der Waals surface area contributed by atoms with Crippen LogP contribution in [0.15, 0.2) is 23.0 Å². The zero-order valence-electron chi connectivity index (χ0n) is 7.17. The molecule has 1 aromatic rings. The van der Waals surface area contributed by atoms with Gasteiger partial charge in [-0.2, -0.15) is 0 Å². The van der Waals surface area contributed by atoms with E-state index in [4.69, 9.17) is 9.52 Å². The molecule has 0 bridgehead atoms. The Morgan fingerprint density at radius 1 is 1.71 bits per heavy atom. The van der Waals surface area contributed by atoms with Gasteiger partial charge in [0.25, 0.3) is 0 Å². The fourth-order valence-corrected chi connectivity index (χ4v) is 2.44. The Morgan fingerprint density at radius 3 is 3.00 bits per heavy atom. The lowest BCUT2D eigenvalue weighted by molar-refractivity contribution is -0.138. The molecule has 1 aliphatic rings. The average Bonchev–Trinajstić information content (AvgIpc) is 2.75. The quantitative estimate of drug-likeness (QED) is 0.813. The third kappa shape index (κ3) is 2.23. The fraction of sp³-hybridized carbons (Fsp3) is 0.375. The van der Waals surface area contributed by atoms with Crippen molar-refractivity contribution in [1.82, 2.24) is 5.32 Å². The maximum absolute atomic E-state index is 10.6. The standard InChI is InChI=1S/C8H9NO3S.ClH/c10-8(11)6-4-13-7(9-6)5-1-2-12-3-5;/h1-3,6-7,9H,4H2,(H,10,11);1H/t6-,7?;/m0./s1. The van der Waals surface area contributed by atoms with E-state index in [1.54, 1.807) is 24.3 Å². The van der Waals surface area contributed by atoms with Crippen LogP contribution < -0.4 is 5.32 Å². The van der Waals surface area contributed by atoms with Crippen LogP contribution in [0.3, 0.4) is 0 Å². The van der Waals surface area contributed by atoms with Crippen LogP contribution in [0.5, 0.6) is 0 Å². The lowest BCUT2D eigenvalue weighted by Gasteiger charge is -2.07.